The van der Waals surface area contributed by atoms with Crippen molar-refractivity contribution >= 4 is 37.2 Å². The lowest BCUT2D eigenvalue weighted by Crippen LogP contribution is -2.26. The molecule has 0 heterocycles. The highest BCUT2D eigenvalue weighted by atomic mass is 32.2. The van der Waals surface area contributed by atoms with Gasteiger partial charge in [-0.3, -0.25) is 13.4 Å². The van der Waals surface area contributed by atoms with Crippen LogP contribution in [-0.2, 0) is 20.0 Å². The highest BCUT2D eigenvalue weighted by molar-refractivity contribution is 7.93. The van der Waals surface area contributed by atoms with Gasteiger partial charge in [-0.1, -0.05) is 48.5 Å². The third-order valence-corrected chi connectivity index (χ3v) is 9.88. The maximum Gasteiger partial charge on any atom is 0.264 e. The van der Waals surface area contributed by atoms with Gasteiger partial charge in [0.05, 0.1) is 21.2 Å². The van der Waals surface area contributed by atoms with Crippen LogP contribution in [-0.4, -0.2) is 36.7 Å². The number of rotatable bonds is 6. The first kappa shape index (κ1) is 23.8. The molecule has 0 fully saturated rings. The molecule has 36 heavy (non-hydrogen) atoms. The van der Waals surface area contributed by atoms with Gasteiger partial charge in [-0.05, 0) is 59.7 Å². The zero-order valence-electron chi connectivity index (χ0n) is 19.5. The molecule has 0 N–H and O–H groups in total. The van der Waals surface area contributed by atoms with Gasteiger partial charge in [0.15, 0.2) is 5.78 Å². The standard InChI is InChI=1S/C27H22N2O5S2/c1-28(19-9-5-3-6-10-19)35(31,32)21-13-15-23-24-16-14-22(18-26(24)27(30)25(23)17-21)36(33,34)29(2)20-11-7-4-8-12-20/h3-18H,1-2H3. The molecule has 9 heteroatoms. The summed E-state index contributed by atoms with van der Waals surface area (Å²) in [7, 11) is -4.93. The fourth-order valence-corrected chi connectivity index (χ4v) is 6.67. The van der Waals surface area contributed by atoms with E-state index in [1.165, 1.54) is 38.4 Å². The summed E-state index contributed by atoms with van der Waals surface area (Å²) < 4.78 is 55.3. The van der Waals surface area contributed by atoms with Gasteiger partial charge in [0.1, 0.15) is 0 Å². The summed E-state index contributed by atoms with van der Waals surface area (Å²) in [6.45, 7) is 0. The highest BCUT2D eigenvalue weighted by Crippen LogP contribution is 2.39. The van der Waals surface area contributed by atoms with Crippen LogP contribution in [0.1, 0.15) is 15.9 Å². The van der Waals surface area contributed by atoms with E-state index in [9.17, 15) is 21.6 Å². The third kappa shape index (κ3) is 3.77. The quantitative estimate of drug-likeness (QED) is 0.329. The van der Waals surface area contributed by atoms with Crippen molar-refractivity contribution < 1.29 is 21.6 Å². The molecule has 182 valence electrons. The molecule has 0 amide bonds. The van der Waals surface area contributed by atoms with Gasteiger partial charge in [0.25, 0.3) is 20.0 Å². The van der Waals surface area contributed by atoms with E-state index in [0.717, 1.165) is 8.61 Å². The van der Waals surface area contributed by atoms with Crippen LogP contribution in [0.15, 0.2) is 107 Å². The van der Waals surface area contributed by atoms with Crippen molar-refractivity contribution in [2.45, 2.75) is 9.79 Å². The number of anilines is 2. The van der Waals surface area contributed by atoms with E-state index in [4.69, 9.17) is 0 Å². The molecule has 0 aromatic heterocycles. The number of ketones is 1. The lowest BCUT2D eigenvalue weighted by molar-refractivity contribution is 0.104. The number of carbonyl (C=O) groups is 1. The van der Waals surface area contributed by atoms with Crippen molar-refractivity contribution in [2.75, 3.05) is 22.7 Å². The van der Waals surface area contributed by atoms with Gasteiger partial charge in [-0.2, -0.15) is 0 Å². The molecular weight excluding hydrogens is 496 g/mol. The number of para-hydroxylation sites is 2. The monoisotopic (exact) mass is 518 g/mol. The van der Waals surface area contributed by atoms with Crippen molar-refractivity contribution in [3.05, 3.63) is 108 Å². The molecule has 0 saturated carbocycles. The van der Waals surface area contributed by atoms with Crippen LogP contribution in [0.3, 0.4) is 0 Å². The summed E-state index contributed by atoms with van der Waals surface area (Å²) >= 11 is 0. The van der Waals surface area contributed by atoms with E-state index in [-0.39, 0.29) is 20.9 Å². The van der Waals surface area contributed by atoms with E-state index in [0.29, 0.717) is 22.5 Å². The average Bonchev–Trinajstić information content (AvgIpc) is 3.19. The molecule has 0 radical (unpaired) electrons. The highest BCUT2D eigenvalue weighted by Gasteiger charge is 2.32. The second-order valence-electron chi connectivity index (χ2n) is 8.36. The van der Waals surface area contributed by atoms with Crippen LogP contribution in [0, 0.1) is 0 Å². The molecule has 0 unspecified atom stereocenters. The first-order valence-corrected chi connectivity index (χ1v) is 13.9. The van der Waals surface area contributed by atoms with E-state index in [1.807, 2.05) is 0 Å². The van der Waals surface area contributed by atoms with Crippen molar-refractivity contribution in [3.63, 3.8) is 0 Å². The van der Waals surface area contributed by atoms with Crippen LogP contribution in [0.25, 0.3) is 11.1 Å². The number of sulfonamides is 2. The Hall–Kier alpha value is -3.95. The SMILES string of the molecule is CN(c1ccccc1)S(=O)(=O)c1ccc2c(c1)C(=O)c1cc(S(=O)(=O)N(C)c3ccccc3)ccc1-2. The Kier molecular flexibility index (Phi) is 5.69. The maximum absolute atomic E-state index is 13.3. The van der Waals surface area contributed by atoms with Gasteiger partial charge in [-0.25, -0.2) is 16.8 Å². The molecule has 1 aliphatic carbocycles. The lowest BCUT2D eigenvalue weighted by atomic mass is 10.1. The van der Waals surface area contributed by atoms with Crippen molar-refractivity contribution in [3.8, 4) is 11.1 Å². The normalized spacial score (nSPS) is 12.7. The van der Waals surface area contributed by atoms with Gasteiger partial charge in [-0.15, -0.1) is 0 Å². The van der Waals surface area contributed by atoms with Crippen molar-refractivity contribution in [2.24, 2.45) is 0 Å². The Bertz CT molecular complexity index is 1580. The second-order valence-corrected chi connectivity index (χ2v) is 12.3. The minimum atomic E-state index is -3.92. The Morgan fingerprint density at radius 3 is 1.22 bits per heavy atom. The first-order chi connectivity index (χ1) is 17.1. The molecular formula is C27H22N2O5S2. The van der Waals surface area contributed by atoms with E-state index in [2.05, 4.69) is 0 Å². The molecule has 1 aliphatic rings. The zero-order valence-corrected chi connectivity index (χ0v) is 21.1. The van der Waals surface area contributed by atoms with Crippen molar-refractivity contribution in [1.82, 2.24) is 0 Å². The Labute approximate surface area is 210 Å². The Balaban J connectivity index is 1.51. The summed E-state index contributed by atoms with van der Waals surface area (Å²) in [5.41, 5.74) is 2.56. The molecule has 4 aromatic carbocycles. The number of hydrogen-bond acceptors (Lipinski definition) is 5. The van der Waals surface area contributed by atoms with Crippen LogP contribution in [0.4, 0.5) is 11.4 Å². The van der Waals surface area contributed by atoms with Gasteiger partial charge < -0.3 is 0 Å². The summed E-state index contributed by atoms with van der Waals surface area (Å²) in [5.74, 6) is -0.418. The molecule has 4 aromatic rings. The fraction of sp³-hybridized carbons (Fsp3) is 0.0741. The van der Waals surface area contributed by atoms with Crippen LogP contribution in [0.5, 0.6) is 0 Å². The third-order valence-electron chi connectivity index (χ3n) is 6.32. The molecule has 0 bridgehead atoms. The predicted octanol–water partition coefficient (Wildman–Crippen LogP) is 4.55. The van der Waals surface area contributed by atoms with E-state index < -0.39 is 25.8 Å². The summed E-state index contributed by atoms with van der Waals surface area (Å²) in [4.78, 5) is 13.3. The average molecular weight is 519 g/mol. The topological polar surface area (TPSA) is 91.8 Å². The second kappa shape index (κ2) is 8.61. The first-order valence-electron chi connectivity index (χ1n) is 11.0. The number of carbonyl (C=O) groups excluding carboxylic acids is 1. The zero-order chi connectivity index (χ0) is 25.7. The number of hydrogen-bond donors (Lipinski definition) is 0. The van der Waals surface area contributed by atoms with E-state index in [1.54, 1.807) is 72.8 Å². The Morgan fingerprint density at radius 1 is 0.500 bits per heavy atom. The minimum Gasteiger partial charge on any atom is -0.289 e. The van der Waals surface area contributed by atoms with E-state index >= 15 is 0 Å². The Morgan fingerprint density at radius 2 is 0.861 bits per heavy atom. The predicted molar refractivity (Wildman–Crippen MR) is 139 cm³/mol. The van der Waals surface area contributed by atoms with Gasteiger partial charge in [0.2, 0.25) is 0 Å². The fourth-order valence-electron chi connectivity index (χ4n) is 4.23. The molecule has 0 aliphatic heterocycles. The largest absolute Gasteiger partial charge is 0.289 e. The van der Waals surface area contributed by atoms with Crippen molar-refractivity contribution in [1.29, 1.82) is 0 Å². The van der Waals surface area contributed by atoms with Gasteiger partial charge >= 0.3 is 0 Å². The molecule has 0 atom stereocenters. The molecule has 0 spiro atoms. The summed E-state index contributed by atoms with van der Waals surface area (Å²) in [6, 6.07) is 26.1. The molecule has 7 nitrogen and oxygen atoms in total. The number of benzene rings is 4. The lowest BCUT2D eigenvalue weighted by Gasteiger charge is -2.20. The van der Waals surface area contributed by atoms with Gasteiger partial charge in [0, 0.05) is 25.2 Å². The number of fused-ring (bicyclic) bond motifs is 3. The summed E-state index contributed by atoms with van der Waals surface area (Å²) in [6.07, 6.45) is 0. The molecule has 0 saturated heterocycles. The van der Waals surface area contributed by atoms with Crippen LogP contribution >= 0.6 is 0 Å². The smallest absolute Gasteiger partial charge is 0.264 e. The molecule has 5 rings (SSSR count). The summed E-state index contributed by atoms with van der Waals surface area (Å²) in [5, 5.41) is 0. The number of nitrogens with zero attached hydrogens (tertiary/aromatic N) is 2. The minimum absolute atomic E-state index is 0.0228. The van der Waals surface area contributed by atoms with Crippen LogP contribution < -0.4 is 8.61 Å². The maximum atomic E-state index is 13.3. The van der Waals surface area contributed by atoms with Crippen LogP contribution in [0.2, 0.25) is 0 Å².